The molecule has 0 aromatic heterocycles. The van der Waals surface area contributed by atoms with Crippen molar-refractivity contribution in [2.75, 3.05) is 13.7 Å². The minimum atomic E-state index is -0.320. The van der Waals surface area contributed by atoms with Crippen LogP contribution in [0.4, 0.5) is 0 Å². The van der Waals surface area contributed by atoms with Gasteiger partial charge in [-0.15, -0.1) is 0 Å². The molecule has 3 heteroatoms. The zero-order valence-electron chi connectivity index (χ0n) is 12.6. The summed E-state index contributed by atoms with van der Waals surface area (Å²) in [5, 5.41) is 3.01. The van der Waals surface area contributed by atoms with Crippen molar-refractivity contribution in [2.24, 2.45) is 11.3 Å². The van der Waals surface area contributed by atoms with E-state index >= 15 is 0 Å². The quantitative estimate of drug-likeness (QED) is 0.856. The Labute approximate surface area is 116 Å². The average molecular weight is 263 g/mol. The number of ether oxygens (including phenoxy) is 1. The number of hydrogen-bond donors (Lipinski definition) is 1. The smallest absolute Gasteiger partial charge is 0.225 e. The zero-order chi connectivity index (χ0) is 14.5. The van der Waals surface area contributed by atoms with Crippen LogP contribution in [0.15, 0.2) is 24.3 Å². The molecular formula is C16H25NO2. The first kappa shape index (κ1) is 15.5. The molecule has 0 aliphatic heterocycles. The Hall–Kier alpha value is -1.51. The van der Waals surface area contributed by atoms with E-state index in [1.165, 1.54) is 5.56 Å². The molecule has 0 spiro atoms. The summed E-state index contributed by atoms with van der Waals surface area (Å²) in [4.78, 5) is 12.1. The molecule has 19 heavy (non-hydrogen) atoms. The van der Waals surface area contributed by atoms with Crippen molar-refractivity contribution in [3.63, 3.8) is 0 Å². The molecule has 1 amide bonds. The lowest BCUT2D eigenvalue weighted by atomic mass is 9.80. The number of carbonyl (C=O) groups excluding carboxylic acids is 1. The van der Waals surface area contributed by atoms with E-state index in [-0.39, 0.29) is 11.3 Å². The molecule has 0 saturated carbocycles. The maximum atomic E-state index is 12.1. The van der Waals surface area contributed by atoms with E-state index in [1.54, 1.807) is 7.11 Å². The normalized spacial score (nSPS) is 11.5. The molecule has 1 aromatic rings. The minimum Gasteiger partial charge on any atom is -0.497 e. The van der Waals surface area contributed by atoms with Crippen molar-refractivity contribution in [3.8, 4) is 5.75 Å². The molecule has 0 heterocycles. The van der Waals surface area contributed by atoms with Crippen molar-refractivity contribution in [1.82, 2.24) is 5.32 Å². The molecular weight excluding hydrogens is 238 g/mol. The van der Waals surface area contributed by atoms with Crippen LogP contribution in [0.3, 0.4) is 0 Å². The van der Waals surface area contributed by atoms with Crippen LogP contribution in [0, 0.1) is 11.3 Å². The Kier molecular flexibility index (Phi) is 5.40. The van der Waals surface area contributed by atoms with Gasteiger partial charge in [-0.3, -0.25) is 4.79 Å². The second-order valence-corrected chi connectivity index (χ2v) is 5.73. The second-order valence-electron chi connectivity index (χ2n) is 5.73. The highest BCUT2D eigenvalue weighted by molar-refractivity contribution is 5.82. The third-order valence-corrected chi connectivity index (χ3v) is 3.89. The van der Waals surface area contributed by atoms with E-state index in [2.05, 4.69) is 19.2 Å². The summed E-state index contributed by atoms with van der Waals surface area (Å²) in [6.45, 7) is 8.79. The topological polar surface area (TPSA) is 38.3 Å². The Morgan fingerprint density at radius 3 is 2.32 bits per heavy atom. The van der Waals surface area contributed by atoms with Gasteiger partial charge in [-0.05, 0) is 30.0 Å². The number of nitrogens with one attached hydrogen (secondary N) is 1. The Morgan fingerprint density at radius 2 is 1.84 bits per heavy atom. The van der Waals surface area contributed by atoms with Gasteiger partial charge in [-0.1, -0.05) is 39.8 Å². The van der Waals surface area contributed by atoms with Gasteiger partial charge in [0.15, 0.2) is 0 Å². The summed E-state index contributed by atoms with van der Waals surface area (Å²) in [7, 11) is 1.66. The van der Waals surface area contributed by atoms with Crippen LogP contribution in [0.1, 0.15) is 33.3 Å². The van der Waals surface area contributed by atoms with Crippen LogP contribution in [0.5, 0.6) is 5.75 Å². The first-order valence-electron chi connectivity index (χ1n) is 6.79. The molecule has 1 N–H and O–H groups in total. The number of methoxy groups -OCH3 is 1. The van der Waals surface area contributed by atoms with Crippen LogP contribution in [-0.4, -0.2) is 19.6 Å². The third-order valence-electron chi connectivity index (χ3n) is 3.89. The fraction of sp³-hybridized carbons (Fsp3) is 0.562. The van der Waals surface area contributed by atoms with E-state index in [9.17, 15) is 4.79 Å². The van der Waals surface area contributed by atoms with Gasteiger partial charge in [-0.2, -0.15) is 0 Å². The minimum absolute atomic E-state index is 0.121. The largest absolute Gasteiger partial charge is 0.497 e. The average Bonchev–Trinajstić information content (AvgIpc) is 2.39. The van der Waals surface area contributed by atoms with Crippen LogP contribution in [0.25, 0.3) is 0 Å². The molecule has 0 atom stereocenters. The van der Waals surface area contributed by atoms with Gasteiger partial charge in [0.1, 0.15) is 5.75 Å². The number of hydrogen-bond acceptors (Lipinski definition) is 2. The maximum Gasteiger partial charge on any atom is 0.225 e. The molecule has 0 bridgehead atoms. The molecule has 0 unspecified atom stereocenters. The summed E-state index contributed by atoms with van der Waals surface area (Å²) in [6.07, 6.45) is 0.837. The van der Waals surface area contributed by atoms with Crippen molar-refractivity contribution in [1.29, 1.82) is 0 Å². The van der Waals surface area contributed by atoms with Crippen molar-refractivity contribution in [2.45, 2.75) is 34.1 Å². The summed E-state index contributed by atoms with van der Waals surface area (Å²) in [5.74, 6) is 1.30. The van der Waals surface area contributed by atoms with E-state index in [1.807, 2.05) is 38.1 Å². The first-order valence-corrected chi connectivity index (χ1v) is 6.79. The zero-order valence-corrected chi connectivity index (χ0v) is 12.6. The van der Waals surface area contributed by atoms with Gasteiger partial charge in [0.05, 0.1) is 7.11 Å². The fourth-order valence-corrected chi connectivity index (χ4v) is 1.60. The maximum absolute atomic E-state index is 12.1. The lowest BCUT2D eigenvalue weighted by molar-refractivity contribution is -0.131. The molecule has 0 aliphatic carbocycles. The predicted octanol–water partition coefficient (Wildman–Crippen LogP) is 3.04. The highest BCUT2D eigenvalue weighted by Gasteiger charge is 2.30. The van der Waals surface area contributed by atoms with E-state index < -0.39 is 0 Å². The number of carbonyl (C=O) groups is 1. The molecule has 0 aliphatic rings. The number of amides is 1. The summed E-state index contributed by atoms with van der Waals surface area (Å²) >= 11 is 0. The molecule has 0 saturated heterocycles. The van der Waals surface area contributed by atoms with E-state index in [0.29, 0.717) is 12.5 Å². The Balaban J connectivity index is 2.43. The summed E-state index contributed by atoms with van der Waals surface area (Å²) < 4.78 is 5.11. The van der Waals surface area contributed by atoms with E-state index in [0.717, 1.165) is 12.2 Å². The lowest BCUT2D eigenvalue weighted by Crippen LogP contribution is -2.41. The predicted molar refractivity (Wildman–Crippen MR) is 78.3 cm³/mol. The molecule has 106 valence electrons. The van der Waals surface area contributed by atoms with Gasteiger partial charge in [0.25, 0.3) is 0 Å². The highest BCUT2D eigenvalue weighted by atomic mass is 16.5. The SMILES string of the molecule is COc1ccc(CCNC(=O)C(C)(C)C(C)C)cc1. The molecule has 1 aromatic carbocycles. The first-order chi connectivity index (χ1) is 8.87. The van der Waals surface area contributed by atoms with Crippen molar-refractivity contribution >= 4 is 5.91 Å². The van der Waals surface area contributed by atoms with Gasteiger partial charge in [0, 0.05) is 12.0 Å². The van der Waals surface area contributed by atoms with Gasteiger partial charge < -0.3 is 10.1 Å². The Morgan fingerprint density at radius 1 is 1.26 bits per heavy atom. The van der Waals surface area contributed by atoms with Gasteiger partial charge in [0.2, 0.25) is 5.91 Å². The second kappa shape index (κ2) is 6.60. The van der Waals surface area contributed by atoms with Crippen molar-refractivity contribution < 1.29 is 9.53 Å². The number of benzene rings is 1. The molecule has 0 fully saturated rings. The van der Waals surface area contributed by atoms with Crippen LogP contribution < -0.4 is 10.1 Å². The summed E-state index contributed by atoms with van der Waals surface area (Å²) in [6, 6.07) is 7.93. The fourth-order valence-electron chi connectivity index (χ4n) is 1.60. The van der Waals surface area contributed by atoms with Gasteiger partial charge >= 0.3 is 0 Å². The molecule has 3 nitrogen and oxygen atoms in total. The standard InChI is InChI=1S/C16H25NO2/c1-12(2)16(3,4)15(18)17-11-10-13-6-8-14(19-5)9-7-13/h6-9,12H,10-11H2,1-5H3,(H,17,18). The highest BCUT2D eigenvalue weighted by Crippen LogP contribution is 2.25. The third kappa shape index (κ3) is 4.27. The van der Waals surface area contributed by atoms with Crippen LogP contribution in [0.2, 0.25) is 0 Å². The van der Waals surface area contributed by atoms with Crippen molar-refractivity contribution in [3.05, 3.63) is 29.8 Å². The summed E-state index contributed by atoms with van der Waals surface area (Å²) in [5.41, 5.74) is 0.878. The molecule has 0 radical (unpaired) electrons. The molecule has 1 rings (SSSR count). The van der Waals surface area contributed by atoms with E-state index in [4.69, 9.17) is 4.74 Å². The van der Waals surface area contributed by atoms with Crippen LogP contribution >= 0.6 is 0 Å². The monoisotopic (exact) mass is 263 g/mol. The van der Waals surface area contributed by atoms with Crippen LogP contribution in [-0.2, 0) is 11.2 Å². The lowest BCUT2D eigenvalue weighted by Gasteiger charge is -2.27. The van der Waals surface area contributed by atoms with Gasteiger partial charge in [-0.25, -0.2) is 0 Å². The number of rotatable bonds is 6. The Bertz CT molecular complexity index is 407.